The fraction of sp³-hybridized carbons (Fsp3) is 0.667. The molecule has 0 aliphatic rings. The Hall–Kier alpha value is -0.820. The van der Waals surface area contributed by atoms with Crippen molar-refractivity contribution in [2.45, 2.75) is 24.7 Å². The van der Waals surface area contributed by atoms with Crippen LogP contribution in [-0.2, 0) is 0 Å². The van der Waals surface area contributed by atoms with Gasteiger partial charge in [-0.3, -0.25) is 0 Å². The molecule has 0 heterocycles. The minimum Gasteiger partial charge on any atom is -0.196 e. The van der Waals surface area contributed by atoms with Crippen molar-refractivity contribution in [2.75, 3.05) is 0 Å². The van der Waals surface area contributed by atoms with E-state index in [0.29, 0.717) is 0 Å². The molecule has 0 amide bonds. The molecule has 0 unspecified atom stereocenters. The van der Waals surface area contributed by atoms with Crippen LogP contribution in [0.5, 0.6) is 0 Å². The molecule has 0 saturated heterocycles. The molecule has 0 aromatic heterocycles. The molecular weight excluding hydrogens is 224 g/mol. The number of rotatable bonds is 2. The van der Waals surface area contributed by atoms with Crippen molar-refractivity contribution in [3.05, 3.63) is 12.2 Å². The summed E-state index contributed by atoms with van der Waals surface area (Å²) in [6.07, 6.45) is -13.7. The van der Waals surface area contributed by atoms with Crippen LogP contribution in [0.15, 0.2) is 12.2 Å². The minimum absolute atomic E-state index is 0.256. The molecule has 0 spiro atoms. The molecule has 0 rings (SSSR count). The van der Waals surface area contributed by atoms with Crippen LogP contribution in [0.1, 0.15) is 6.42 Å². The summed E-state index contributed by atoms with van der Waals surface area (Å²) >= 11 is 0. The average Bonchev–Trinajstić information content (AvgIpc) is 1.80. The van der Waals surface area contributed by atoms with Gasteiger partial charge in [0.2, 0.25) is 0 Å². The maximum atomic E-state index is 12.0. The Balaban J connectivity index is 4.34. The van der Waals surface area contributed by atoms with E-state index in [2.05, 4.69) is 0 Å². The molecule has 0 aliphatic carbocycles. The minimum atomic E-state index is -5.83. The summed E-state index contributed by atoms with van der Waals surface area (Å²) in [5, 5.41) is 0. The summed E-state index contributed by atoms with van der Waals surface area (Å²) in [7, 11) is 0. The van der Waals surface area contributed by atoms with Gasteiger partial charge in [-0.05, 0) is 0 Å². The lowest BCUT2D eigenvalue weighted by molar-refractivity contribution is -0.280. The fourth-order valence-corrected chi connectivity index (χ4v) is 0.456. The highest BCUT2D eigenvalue weighted by Crippen LogP contribution is 2.38. The zero-order chi connectivity index (χ0) is 11.6. The molecule has 0 bridgehead atoms. The van der Waals surface area contributed by atoms with Crippen LogP contribution in [0.2, 0.25) is 0 Å². The van der Waals surface area contributed by atoms with Gasteiger partial charge in [0.05, 0.1) is 0 Å². The van der Waals surface area contributed by atoms with E-state index in [9.17, 15) is 35.1 Å². The van der Waals surface area contributed by atoms with E-state index >= 15 is 0 Å². The summed E-state index contributed by atoms with van der Waals surface area (Å²) in [4.78, 5) is 0. The van der Waals surface area contributed by atoms with Gasteiger partial charge in [0.1, 0.15) is 0 Å². The van der Waals surface area contributed by atoms with Gasteiger partial charge in [0, 0.05) is 12.5 Å². The fourth-order valence-electron chi connectivity index (χ4n) is 0.456. The number of allylic oxidation sites excluding steroid dienone is 2. The third-order valence-electron chi connectivity index (χ3n) is 1.10. The van der Waals surface area contributed by atoms with Crippen LogP contribution in [0.4, 0.5) is 35.1 Å². The molecule has 0 nitrogen and oxygen atoms in total. The van der Waals surface area contributed by atoms with Crippen molar-refractivity contribution >= 4 is 0 Å². The normalized spacial score (nSPS) is 15.1. The van der Waals surface area contributed by atoms with Crippen LogP contribution < -0.4 is 0 Å². The maximum absolute atomic E-state index is 12.0. The van der Waals surface area contributed by atoms with Crippen LogP contribution in [0.3, 0.4) is 0 Å². The molecule has 0 saturated carbocycles. The van der Waals surface area contributed by atoms with Crippen LogP contribution >= 0.6 is 0 Å². The Morgan fingerprint density at radius 2 is 1.21 bits per heavy atom. The first-order valence-corrected chi connectivity index (χ1v) is 3.15. The highest BCUT2D eigenvalue weighted by Gasteiger charge is 2.56. The van der Waals surface area contributed by atoms with Crippen LogP contribution in [-0.4, -0.2) is 18.3 Å². The quantitative estimate of drug-likeness (QED) is 0.499. The van der Waals surface area contributed by atoms with E-state index in [0.717, 1.165) is 0 Å². The summed E-state index contributed by atoms with van der Waals surface area (Å²) in [6, 6.07) is 0. The number of halogens is 8. The molecule has 0 aromatic carbocycles. The monoisotopic (exact) mass is 228 g/mol. The lowest BCUT2D eigenvalue weighted by Gasteiger charge is -2.17. The van der Waals surface area contributed by atoms with Gasteiger partial charge in [-0.15, -0.1) is 0 Å². The molecule has 8 heteroatoms. The van der Waals surface area contributed by atoms with Crippen molar-refractivity contribution in [3.8, 4) is 0 Å². The maximum Gasteiger partial charge on any atom is 0.453 e. The van der Waals surface area contributed by atoms with Gasteiger partial charge in [0.15, 0.2) is 0 Å². The number of alkyl halides is 8. The smallest absolute Gasteiger partial charge is 0.196 e. The Kier molecular flexibility index (Phi) is 3.52. The third-order valence-corrected chi connectivity index (χ3v) is 1.10. The largest absolute Gasteiger partial charge is 0.453 e. The van der Waals surface area contributed by atoms with Crippen molar-refractivity contribution in [3.63, 3.8) is 0 Å². The van der Waals surface area contributed by atoms with Crippen LogP contribution in [0, 0.1) is 0 Å². The average molecular weight is 228 g/mol. The van der Waals surface area contributed by atoms with Gasteiger partial charge in [-0.1, -0.05) is 6.08 Å². The molecule has 0 N–H and O–H groups in total. The SMILES string of the molecule is FC(F)(F)C=CCC(F)(F)C(F)(F)F. The highest BCUT2D eigenvalue weighted by atomic mass is 19.4. The molecule has 0 radical (unpaired) electrons. The van der Waals surface area contributed by atoms with E-state index in [-0.39, 0.29) is 6.08 Å². The molecule has 0 aliphatic heterocycles. The standard InChI is InChI=1S/C6H4F8/c7-4(8,6(12,13)14)2-1-3-5(9,10)11/h1,3H,2H2. The molecule has 14 heavy (non-hydrogen) atoms. The van der Waals surface area contributed by atoms with Crippen molar-refractivity contribution in [1.29, 1.82) is 0 Å². The van der Waals surface area contributed by atoms with Gasteiger partial charge in [0.25, 0.3) is 0 Å². The molecule has 0 fully saturated rings. The van der Waals surface area contributed by atoms with Gasteiger partial charge in [-0.2, -0.15) is 35.1 Å². The predicted octanol–water partition coefficient (Wildman–Crippen LogP) is 3.69. The number of hydrogen-bond donors (Lipinski definition) is 0. The number of hydrogen-bond acceptors (Lipinski definition) is 0. The summed E-state index contributed by atoms with van der Waals surface area (Å²) in [5.74, 6) is -5.13. The topological polar surface area (TPSA) is 0 Å². The van der Waals surface area contributed by atoms with E-state index in [4.69, 9.17) is 0 Å². The molecule has 0 aromatic rings. The van der Waals surface area contributed by atoms with E-state index < -0.39 is 30.8 Å². The van der Waals surface area contributed by atoms with Crippen molar-refractivity contribution < 1.29 is 35.1 Å². The Morgan fingerprint density at radius 1 is 0.786 bits per heavy atom. The van der Waals surface area contributed by atoms with Crippen molar-refractivity contribution in [2.24, 2.45) is 0 Å². The lowest BCUT2D eigenvalue weighted by atomic mass is 10.2. The zero-order valence-electron chi connectivity index (χ0n) is 6.39. The highest BCUT2D eigenvalue weighted by molar-refractivity contribution is 4.94. The van der Waals surface area contributed by atoms with Gasteiger partial charge < -0.3 is 0 Å². The van der Waals surface area contributed by atoms with Crippen molar-refractivity contribution in [1.82, 2.24) is 0 Å². The van der Waals surface area contributed by atoms with E-state index in [1.54, 1.807) is 0 Å². The second kappa shape index (κ2) is 3.74. The van der Waals surface area contributed by atoms with E-state index in [1.165, 1.54) is 0 Å². The Bertz CT molecular complexity index is 207. The second-order valence-electron chi connectivity index (χ2n) is 2.35. The first-order valence-electron chi connectivity index (χ1n) is 3.15. The second-order valence-corrected chi connectivity index (χ2v) is 2.35. The van der Waals surface area contributed by atoms with Crippen LogP contribution in [0.25, 0.3) is 0 Å². The lowest BCUT2D eigenvalue weighted by Crippen LogP contribution is -2.35. The summed E-state index contributed by atoms with van der Waals surface area (Å²) in [6.45, 7) is 0. The van der Waals surface area contributed by atoms with Gasteiger partial charge >= 0.3 is 18.3 Å². The Labute approximate surface area is 73.2 Å². The molecule has 0 atom stereocenters. The van der Waals surface area contributed by atoms with Gasteiger partial charge in [-0.25, -0.2) is 0 Å². The Morgan fingerprint density at radius 3 is 1.50 bits per heavy atom. The third kappa shape index (κ3) is 4.43. The molecular formula is C6H4F8. The first kappa shape index (κ1) is 13.2. The predicted molar refractivity (Wildman–Crippen MR) is 30.8 cm³/mol. The molecule has 84 valence electrons. The first-order chi connectivity index (χ1) is 5.96. The zero-order valence-corrected chi connectivity index (χ0v) is 6.39. The summed E-state index contributed by atoms with van der Waals surface area (Å²) in [5.41, 5.74) is 0. The summed E-state index contributed by atoms with van der Waals surface area (Å²) < 4.78 is 92.0. The van der Waals surface area contributed by atoms with E-state index in [1.807, 2.05) is 0 Å².